The molecule has 1 aromatic heterocycles. The number of benzene rings is 2. The van der Waals surface area contributed by atoms with Gasteiger partial charge in [0, 0.05) is 34.1 Å². The van der Waals surface area contributed by atoms with Crippen LogP contribution in [-0.4, -0.2) is 30.4 Å². The van der Waals surface area contributed by atoms with Gasteiger partial charge in [-0.3, -0.25) is 9.59 Å². The highest BCUT2D eigenvalue weighted by atomic mass is 35.5. The van der Waals surface area contributed by atoms with Crippen molar-refractivity contribution in [3.8, 4) is 0 Å². The molecule has 1 aliphatic rings. The van der Waals surface area contributed by atoms with Crippen LogP contribution in [0.1, 0.15) is 28.9 Å². The Morgan fingerprint density at radius 2 is 1.88 bits per heavy atom. The standard InChI is InChI=1S/C23H19ClN2O5S/c1-13-22(32(30,31)15-5-3-2-4-6-15)16(8-10-21(27)28)20(25-13)12-18-17-11-14(24)7-9-19(17)26-23(18)29/h2-7,9,11-12,25H,8,10H2,1H3,(H,26,29)(H,27,28)/b18-12-. The smallest absolute Gasteiger partial charge is 0.303 e. The maximum atomic E-state index is 13.4. The highest BCUT2D eigenvalue weighted by Gasteiger charge is 2.30. The van der Waals surface area contributed by atoms with Crippen LogP contribution < -0.4 is 5.32 Å². The van der Waals surface area contributed by atoms with Crippen LogP contribution in [-0.2, 0) is 25.8 Å². The zero-order valence-corrected chi connectivity index (χ0v) is 18.5. The number of carbonyl (C=O) groups excluding carboxylic acids is 1. The van der Waals surface area contributed by atoms with Crippen LogP contribution in [0.25, 0.3) is 11.6 Å². The number of hydrogen-bond donors (Lipinski definition) is 3. The van der Waals surface area contributed by atoms with Gasteiger partial charge in [0.1, 0.15) is 0 Å². The lowest BCUT2D eigenvalue weighted by molar-refractivity contribution is -0.137. The van der Waals surface area contributed by atoms with Crippen molar-refractivity contribution in [3.63, 3.8) is 0 Å². The number of halogens is 1. The first-order valence-electron chi connectivity index (χ1n) is 9.75. The third kappa shape index (κ3) is 3.94. The van der Waals surface area contributed by atoms with E-state index < -0.39 is 15.8 Å². The van der Waals surface area contributed by atoms with Crippen molar-refractivity contribution in [1.29, 1.82) is 0 Å². The Labute approximate surface area is 189 Å². The zero-order chi connectivity index (χ0) is 23.0. The molecule has 0 unspecified atom stereocenters. The molecule has 0 radical (unpaired) electrons. The van der Waals surface area contributed by atoms with Gasteiger partial charge in [0.2, 0.25) is 9.84 Å². The number of fused-ring (bicyclic) bond motifs is 1. The molecule has 0 saturated carbocycles. The minimum atomic E-state index is -3.92. The second kappa shape index (κ2) is 8.29. The van der Waals surface area contributed by atoms with Gasteiger partial charge in [0.25, 0.3) is 5.91 Å². The number of aromatic nitrogens is 1. The lowest BCUT2D eigenvalue weighted by Crippen LogP contribution is -2.08. The first-order valence-corrected chi connectivity index (χ1v) is 11.6. The van der Waals surface area contributed by atoms with Gasteiger partial charge in [-0.1, -0.05) is 29.8 Å². The fraction of sp³-hybridized carbons (Fsp3) is 0.130. The fourth-order valence-corrected chi connectivity index (χ4v) is 5.73. The van der Waals surface area contributed by atoms with Crippen LogP contribution in [0, 0.1) is 6.92 Å². The van der Waals surface area contributed by atoms with E-state index in [2.05, 4.69) is 10.3 Å². The van der Waals surface area contributed by atoms with Crippen molar-refractivity contribution >= 4 is 50.7 Å². The number of aromatic amines is 1. The van der Waals surface area contributed by atoms with E-state index in [-0.39, 0.29) is 28.5 Å². The highest BCUT2D eigenvalue weighted by Crippen LogP contribution is 2.37. The van der Waals surface area contributed by atoms with Crippen LogP contribution in [0.5, 0.6) is 0 Å². The molecule has 32 heavy (non-hydrogen) atoms. The van der Waals surface area contributed by atoms with Gasteiger partial charge < -0.3 is 15.4 Å². The Morgan fingerprint density at radius 3 is 2.56 bits per heavy atom. The third-order valence-corrected chi connectivity index (χ3v) is 7.44. The lowest BCUT2D eigenvalue weighted by Gasteiger charge is -2.08. The normalized spacial score (nSPS) is 14.4. The molecule has 3 N–H and O–H groups in total. The van der Waals surface area contributed by atoms with Gasteiger partial charge in [-0.25, -0.2) is 8.42 Å². The van der Waals surface area contributed by atoms with E-state index in [1.54, 1.807) is 49.4 Å². The predicted octanol–water partition coefficient (Wildman–Crippen LogP) is 4.32. The molecule has 0 spiro atoms. The average molecular weight is 471 g/mol. The van der Waals surface area contributed by atoms with Crippen LogP contribution >= 0.6 is 11.6 Å². The number of aliphatic carboxylic acids is 1. The molecule has 2 heterocycles. The molecule has 1 amide bonds. The monoisotopic (exact) mass is 470 g/mol. The summed E-state index contributed by atoms with van der Waals surface area (Å²) < 4.78 is 26.8. The number of H-pyrrole nitrogens is 1. The molecular formula is C23H19ClN2O5S. The first kappa shape index (κ1) is 21.9. The number of carbonyl (C=O) groups is 2. The van der Waals surface area contributed by atoms with E-state index in [9.17, 15) is 23.1 Å². The molecule has 3 aromatic rings. The summed E-state index contributed by atoms with van der Waals surface area (Å²) in [5.74, 6) is -1.41. The summed E-state index contributed by atoms with van der Waals surface area (Å²) in [6.07, 6.45) is 1.26. The molecule has 0 bridgehead atoms. The van der Waals surface area contributed by atoms with E-state index >= 15 is 0 Å². The molecule has 1 aliphatic heterocycles. The van der Waals surface area contributed by atoms with Gasteiger partial charge >= 0.3 is 5.97 Å². The number of carboxylic acids is 1. The Kier molecular flexibility index (Phi) is 5.66. The number of amides is 1. The van der Waals surface area contributed by atoms with Crippen LogP contribution in [0.15, 0.2) is 58.3 Å². The number of aryl methyl sites for hydroxylation is 1. The maximum absolute atomic E-state index is 13.4. The number of sulfone groups is 1. The Morgan fingerprint density at radius 1 is 1.16 bits per heavy atom. The molecule has 2 aromatic carbocycles. The first-order chi connectivity index (χ1) is 15.2. The van der Waals surface area contributed by atoms with Crippen molar-refractivity contribution < 1.29 is 23.1 Å². The quantitative estimate of drug-likeness (QED) is 0.464. The van der Waals surface area contributed by atoms with E-state index in [0.29, 0.717) is 38.8 Å². The van der Waals surface area contributed by atoms with Crippen molar-refractivity contribution in [3.05, 3.63) is 76.1 Å². The fourth-order valence-electron chi connectivity index (χ4n) is 3.82. The largest absolute Gasteiger partial charge is 0.481 e. The number of hydrogen-bond acceptors (Lipinski definition) is 4. The van der Waals surface area contributed by atoms with Gasteiger partial charge in [-0.05, 0) is 55.3 Å². The van der Waals surface area contributed by atoms with E-state index in [1.807, 2.05) is 0 Å². The summed E-state index contributed by atoms with van der Waals surface area (Å²) in [6, 6.07) is 12.9. The second-order valence-electron chi connectivity index (χ2n) is 7.38. The topological polar surface area (TPSA) is 116 Å². The summed E-state index contributed by atoms with van der Waals surface area (Å²) in [5, 5.41) is 12.4. The summed E-state index contributed by atoms with van der Waals surface area (Å²) in [7, 11) is -3.92. The third-order valence-electron chi connectivity index (χ3n) is 5.23. The van der Waals surface area contributed by atoms with E-state index in [1.165, 1.54) is 12.1 Å². The number of rotatable bonds is 6. The van der Waals surface area contributed by atoms with Crippen molar-refractivity contribution in [2.45, 2.75) is 29.6 Å². The Balaban J connectivity index is 1.90. The molecule has 0 saturated heterocycles. The van der Waals surface area contributed by atoms with Crippen molar-refractivity contribution in [2.75, 3.05) is 5.32 Å². The lowest BCUT2D eigenvalue weighted by atomic mass is 10.0. The number of anilines is 1. The van der Waals surface area contributed by atoms with Crippen LogP contribution in [0.2, 0.25) is 5.02 Å². The average Bonchev–Trinajstić information content (AvgIpc) is 3.23. The molecule has 4 rings (SSSR count). The van der Waals surface area contributed by atoms with Gasteiger partial charge in [-0.15, -0.1) is 0 Å². The Bertz CT molecular complexity index is 1370. The molecule has 0 aliphatic carbocycles. The number of nitrogens with one attached hydrogen (secondary N) is 2. The minimum Gasteiger partial charge on any atom is -0.481 e. The maximum Gasteiger partial charge on any atom is 0.303 e. The molecular weight excluding hydrogens is 452 g/mol. The Hall–Kier alpha value is -3.36. The molecule has 0 atom stereocenters. The minimum absolute atomic E-state index is 0.0236. The predicted molar refractivity (Wildman–Crippen MR) is 121 cm³/mol. The summed E-state index contributed by atoms with van der Waals surface area (Å²) >= 11 is 6.09. The molecule has 0 fully saturated rings. The van der Waals surface area contributed by atoms with Crippen molar-refractivity contribution in [2.24, 2.45) is 0 Å². The molecule has 164 valence electrons. The van der Waals surface area contributed by atoms with Crippen molar-refractivity contribution in [1.82, 2.24) is 4.98 Å². The van der Waals surface area contributed by atoms with Gasteiger partial charge in [0.15, 0.2) is 0 Å². The van der Waals surface area contributed by atoms with Crippen LogP contribution in [0.4, 0.5) is 5.69 Å². The van der Waals surface area contributed by atoms with Crippen LogP contribution in [0.3, 0.4) is 0 Å². The van der Waals surface area contributed by atoms with Gasteiger partial charge in [-0.2, -0.15) is 0 Å². The summed E-state index contributed by atoms with van der Waals surface area (Å²) in [4.78, 5) is 27.0. The van der Waals surface area contributed by atoms with Gasteiger partial charge in [0.05, 0.1) is 15.4 Å². The van der Waals surface area contributed by atoms with E-state index in [0.717, 1.165) is 0 Å². The second-order valence-corrected chi connectivity index (χ2v) is 9.71. The van der Waals surface area contributed by atoms with E-state index in [4.69, 9.17) is 11.6 Å². The SMILES string of the molecule is Cc1[nH]c(/C=C2\C(=O)Nc3ccc(Cl)cc32)c(CCC(=O)O)c1S(=O)(=O)c1ccccc1. The summed E-state index contributed by atoms with van der Waals surface area (Å²) in [6.45, 7) is 1.61. The molecule has 7 nitrogen and oxygen atoms in total. The molecule has 9 heteroatoms. The number of carboxylic acid groups (broad SMARTS) is 1. The summed E-state index contributed by atoms with van der Waals surface area (Å²) in [5.41, 5.74) is 2.56. The highest BCUT2D eigenvalue weighted by molar-refractivity contribution is 7.91. The zero-order valence-electron chi connectivity index (χ0n) is 17.0.